The second-order valence-corrected chi connectivity index (χ2v) is 5.11. The summed E-state index contributed by atoms with van der Waals surface area (Å²) >= 11 is 4.48. The van der Waals surface area contributed by atoms with Crippen LogP contribution in [0, 0.1) is 5.41 Å². The molecule has 0 amide bonds. The zero-order valence-corrected chi connectivity index (χ0v) is 8.13. The van der Waals surface area contributed by atoms with Crippen LogP contribution in [-0.2, 0) is 0 Å². The molecule has 10 heavy (non-hydrogen) atoms. The third kappa shape index (κ3) is 1.48. The number of rotatable bonds is 0. The lowest BCUT2D eigenvalue weighted by Crippen LogP contribution is -2.35. The lowest BCUT2D eigenvalue weighted by Gasteiger charge is -2.21. The molecule has 0 saturated carbocycles. The van der Waals surface area contributed by atoms with E-state index in [-0.39, 0.29) is 5.54 Å². The summed E-state index contributed by atoms with van der Waals surface area (Å²) in [7, 11) is 0. The minimum atomic E-state index is 0.274. The van der Waals surface area contributed by atoms with Gasteiger partial charge in [-0.3, -0.25) is 0 Å². The Hall–Kier alpha value is 0.310. The van der Waals surface area contributed by atoms with E-state index in [4.69, 9.17) is 0 Å². The summed E-state index contributed by atoms with van der Waals surface area (Å²) in [6.45, 7) is 8.97. The predicted molar refractivity (Wildman–Crippen MR) is 48.4 cm³/mol. The van der Waals surface area contributed by atoms with Gasteiger partial charge in [0, 0.05) is 5.54 Å². The normalized spacial score (nSPS) is 36.3. The van der Waals surface area contributed by atoms with Crippen LogP contribution in [0.3, 0.4) is 0 Å². The van der Waals surface area contributed by atoms with Gasteiger partial charge in [-0.05, 0) is 25.7 Å². The van der Waals surface area contributed by atoms with Crippen LogP contribution >= 0.6 is 12.6 Å². The Balaban J connectivity index is 2.71. The van der Waals surface area contributed by atoms with Gasteiger partial charge in [0.1, 0.15) is 0 Å². The van der Waals surface area contributed by atoms with Crippen LogP contribution in [0.1, 0.15) is 34.1 Å². The average Bonchev–Trinajstić information content (AvgIpc) is 1.73. The number of hydrogen-bond donors (Lipinski definition) is 2. The molecule has 1 fully saturated rings. The fraction of sp³-hybridized carbons (Fsp3) is 1.00. The summed E-state index contributed by atoms with van der Waals surface area (Å²) in [4.78, 5) is 0. The van der Waals surface area contributed by atoms with Crippen LogP contribution in [0.15, 0.2) is 0 Å². The van der Waals surface area contributed by atoms with Crippen LogP contribution in [0.4, 0.5) is 0 Å². The number of thiol groups is 1. The smallest absolute Gasteiger partial charge is 0.0558 e. The molecule has 1 unspecified atom stereocenters. The molecule has 0 radical (unpaired) electrons. The molecule has 0 aromatic heterocycles. The van der Waals surface area contributed by atoms with Gasteiger partial charge in [0.25, 0.3) is 0 Å². The van der Waals surface area contributed by atoms with Crippen molar-refractivity contribution in [2.24, 2.45) is 5.41 Å². The maximum absolute atomic E-state index is 4.48. The average molecular weight is 159 g/mol. The Morgan fingerprint density at radius 3 is 1.90 bits per heavy atom. The maximum Gasteiger partial charge on any atom is 0.0558 e. The van der Waals surface area contributed by atoms with Crippen molar-refractivity contribution in [2.45, 2.75) is 45.0 Å². The summed E-state index contributed by atoms with van der Waals surface area (Å²) in [6.07, 6.45) is 1.20. The first kappa shape index (κ1) is 8.41. The molecule has 2 heteroatoms. The highest BCUT2D eigenvalue weighted by Crippen LogP contribution is 2.39. The molecule has 1 atom stereocenters. The third-order valence-corrected chi connectivity index (χ3v) is 2.99. The van der Waals surface area contributed by atoms with Gasteiger partial charge in [-0.1, -0.05) is 13.8 Å². The molecule has 1 heterocycles. The van der Waals surface area contributed by atoms with E-state index in [1.54, 1.807) is 0 Å². The van der Waals surface area contributed by atoms with Crippen LogP contribution in [0.2, 0.25) is 0 Å². The second kappa shape index (κ2) is 2.15. The number of nitrogens with one attached hydrogen (secondary N) is 1. The molecule has 1 N–H and O–H groups in total. The minimum absolute atomic E-state index is 0.274. The molecule has 60 valence electrons. The van der Waals surface area contributed by atoms with Crippen molar-refractivity contribution < 1.29 is 0 Å². The van der Waals surface area contributed by atoms with Crippen molar-refractivity contribution in [1.82, 2.24) is 5.32 Å². The summed E-state index contributed by atoms with van der Waals surface area (Å²) in [5, 5.41) is 3.80. The molecule has 1 aliphatic rings. The second-order valence-electron chi connectivity index (χ2n) is 4.60. The van der Waals surface area contributed by atoms with Crippen molar-refractivity contribution in [3.63, 3.8) is 0 Å². The lowest BCUT2D eigenvalue weighted by molar-refractivity contribution is 0.361. The monoisotopic (exact) mass is 159 g/mol. The van der Waals surface area contributed by atoms with E-state index in [1.807, 2.05) is 0 Å². The molecule has 1 rings (SSSR count). The van der Waals surface area contributed by atoms with E-state index < -0.39 is 0 Å². The summed E-state index contributed by atoms with van der Waals surface area (Å²) < 4.78 is 0. The Morgan fingerprint density at radius 1 is 1.30 bits per heavy atom. The van der Waals surface area contributed by atoms with Crippen molar-refractivity contribution in [3.05, 3.63) is 0 Å². The van der Waals surface area contributed by atoms with Crippen LogP contribution in [0.25, 0.3) is 0 Å². The molecule has 1 saturated heterocycles. The van der Waals surface area contributed by atoms with E-state index in [0.29, 0.717) is 10.8 Å². The van der Waals surface area contributed by atoms with Gasteiger partial charge in [0.2, 0.25) is 0 Å². The van der Waals surface area contributed by atoms with Crippen molar-refractivity contribution in [2.75, 3.05) is 0 Å². The highest BCUT2D eigenvalue weighted by atomic mass is 32.1. The standard InChI is InChI=1S/C8H17NS/c1-7(2)5-8(3,4)9-6(7)10/h6,9-10H,5H2,1-4H3. The summed E-state index contributed by atoms with van der Waals surface area (Å²) in [6, 6.07) is 0. The van der Waals surface area contributed by atoms with Crippen LogP contribution < -0.4 is 5.32 Å². The Morgan fingerprint density at radius 2 is 1.80 bits per heavy atom. The summed E-state index contributed by atoms with van der Waals surface area (Å²) in [5.41, 5.74) is 0.614. The highest BCUT2D eigenvalue weighted by Gasteiger charge is 2.42. The first-order chi connectivity index (χ1) is 4.33. The number of hydrogen-bond acceptors (Lipinski definition) is 2. The SMILES string of the molecule is CC1(C)CC(C)(C)C(S)N1. The van der Waals surface area contributed by atoms with E-state index in [1.165, 1.54) is 6.42 Å². The van der Waals surface area contributed by atoms with Crippen molar-refractivity contribution >= 4 is 12.6 Å². The molecule has 0 aliphatic carbocycles. The van der Waals surface area contributed by atoms with Crippen LogP contribution in [0.5, 0.6) is 0 Å². The Bertz CT molecular complexity index is 140. The van der Waals surface area contributed by atoms with Gasteiger partial charge in [0.05, 0.1) is 5.37 Å². The fourth-order valence-corrected chi connectivity index (χ4v) is 2.29. The first-order valence-corrected chi connectivity index (χ1v) is 4.31. The fourth-order valence-electron chi connectivity index (χ4n) is 1.85. The minimum Gasteiger partial charge on any atom is -0.300 e. The zero-order chi connectivity index (χ0) is 7.99. The quantitative estimate of drug-likeness (QED) is 0.515. The maximum atomic E-state index is 4.48. The Kier molecular flexibility index (Phi) is 1.80. The van der Waals surface area contributed by atoms with E-state index in [0.717, 1.165) is 0 Å². The highest BCUT2D eigenvalue weighted by molar-refractivity contribution is 7.81. The van der Waals surface area contributed by atoms with Crippen molar-refractivity contribution in [3.8, 4) is 0 Å². The summed E-state index contributed by atoms with van der Waals surface area (Å²) in [5.74, 6) is 0. The van der Waals surface area contributed by atoms with Gasteiger partial charge in [-0.2, -0.15) is 12.6 Å². The zero-order valence-electron chi connectivity index (χ0n) is 7.23. The molecule has 1 nitrogen and oxygen atoms in total. The topological polar surface area (TPSA) is 12.0 Å². The largest absolute Gasteiger partial charge is 0.300 e. The van der Waals surface area contributed by atoms with Crippen molar-refractivity contribution in [1.29, 1.82) is 0 Å². The molecule has 1 aliphatic heterocycles. The lowest BCUT2D eigenvalue weighted by atomic mass is 9.86. The molecule has 0 aromatic rings. The molecule has 0 spiro atoms. The third-order valence-electron chi connectivity index (χ3n) is 2.17. The van der Waals surface area contributed by atoms with Gasteiger partial charge in [0.15, 0.2) is 0 Å². The first-order valence-electron chi connectivity index (χ1n) is 3.79. The molecular formula is C8H17NS. The molecule has 0 aromatic carbocycles. The van der Waals surface area contributed by atoms with Gasteiger partial charge < -0.3 is 5.32 Å². The molecular weight excluding hydrogens is 142 g/mol. The van der Waals surface area contributed by atoms with Gasteiger partial charge in [-0.15, -0.1) is 0 Å². The van der Waals surface area contributed by atoms with E-state index in [2.05, 4.69) is 45.6 Å². The van der Waals surface area contributed by atoms with E-state index in [9.17, 15) is 0 Å². The Labute approximate surface area is 69.0 Å². The van der Waals surface area contributed by atoms with Crippen LogP contribution in [-0.4, -0.2) is 10.9 Å². The van der Waals surface area contributed by atoms with E-state index >= 15 is 0 Å². The van der Waals surface area contributed by atoms with Gasteiger partial charge in [-0.25, -0.2) is 0 Å². The molecule has 0 bridgehead atoms. The predicted octanol–water partition coefficient (Wildman–Crippen LogP) is 2.04. The van der Waals surface area contributed by atoms with Gasteiger partial charge >= 0.3 is 0 Å².